The molecule has 0 spiro atoms. The largest absolute Gasteiger partial charge is 0.382 e. The number of carbonyl (C=O) groups is 1. The van der Waals surface area contributed by atoms with Crippen LogP contribution in [0.3, 0.4) is 0 Å². The van der Waals surface area contributed by atoms with Gasteiger partial charge in [-0.2, -0.15) is 13.4 Å². The first-order valence-electron chi connectivity index (χ1n) is 9.07. The summed E-state index contributed by atoms with van der Waals surface area (Å²) < 4.78 is 41.4. The van der Waals surface area contributed by atoms with Crippen LogP contribution in [0.4, 0.5) is 21.8 Å². The molecule has 0 saturated carbocycles. The van der Waals surface area contributed by atoms with Crippen molar-refractivity contribution < 1.29 is 21.8 Å². The van der Waals surface area contributed by atoms with E-state index >= 15 is 0 Å². The molecule has 31 heavy (non-hydrogen) atoms. The minimum atomic E-state index is -3.78. The van der Waals surface area contributed by atoms with Crippen molar-refractivity contribution in [2.75, 3.05) is 16.9 Å². The lowest BCUT2D eigenvalue weighted by Crippen LogP contribution is -2.18. The molecule has 1 atom stereocenters. The first-order valence-corrected chi connectivity index (χ1v) is 10.9. The number of primary amides is 1. The molecule has 4 N–H and O–H groups in total. The Morgan fingerprint density at radius 3 is 2.52 bits per heavy atom. The Balaban J connectivity index is 1.86. The Hall–Kier alpha value is -3.73. The van der Waals surface area contributed by atoms with E-state index in [1.54, 1.807) is 0 Å². The van der Waals surface area contributed by atoms with Gasteiger partial charge >= 0.3 is 10.1 Å². The molecule has 1 heterocycles. The number of hydrogen-bond donors (Lipinski definition) is 3. The molecule has 0 unspecified atom stereocenters. The van der Waals surface area contributed by atoms with Crippen molar-refractivity contribution in [2.24, 2.45) is 5.73 Å². The molecule has 2 aromatic carbocycles. The number of benzene rings is 2. The van der Waals surface area contributed by atoms with Gasteiger partial charge in [-0.1, -0.05) is 30.3 Å². The number of nitrogens with zero attached hydrogens (tertiary/aromatic N) is 2. The summed E-state index contributed by atoms with van der Waals surface area (Å²) in [5.41, 5.74) is 6.43. The molecule has 162 valence electrons. The van der Waals surface area contributed by atoms with Crippen LogP contribution in [0.15, 0.2) is 54.7 Å². The number of rotatable bonds is 8. The van der Waals surface area contributed by atoms with Crippen molar-refractivity contribution >= 4 is 33.5 Å². The Morgan fingerprint density at radius 2 is 1.90 bits per heavy atom. The van der Waals surface area contributed by atoms with E-state index in [-0.39, 0.29) is 34.8 Å². The van der Waals surface area contributed by atoms with Crippen LogP contribution in [-0.2, 0) is 10.1 Å². The topological polar surface area (TPSA) is 136 Å². The van der Waals surface area contributed by atoms with Crippen molar-refractivity contribution in [1.82, 2.24) is 9.97 Å². The number of anilines is 3. The lowest BCUT2D eigenvalue weighted by atomic mass is 10.1. The highest BCUT2D eigenvalue weighted by Crippen LogP contribution is 2.26. The SMILES string of the molecule is C[C@@H](Nc1nc(Nc2ccc(OS(C)(=O)=O)cc2F)ncc1C(N)=O)c1ccccc1. The highest BCUT2D eigenvalue weighted by atomic mass is 32.2. The van der Waals surface area contributed by atoms with Crippen LogP contribution < -0.4 is 20.6 Å². The Morgan fingerprint density at radius 1 is 1.19 bits per heavy atom. The average molecular weight is 445 g/mol. The van der Waals surface area contributed by atoms with Gasteiger partial charge in [0.05, 0.1) is 17.5 Å². The molecular formula is C20H20FN5O4S. The van der Waals surface area contributed by atoms with Gasteiger partial charge in [0.25, 0.3) is 5.91 Å². The Bertz CT molecular complexity index is 1210. The molecular weight excluding hydrogens is 425 g/mol. The summed E-state index contributed by atoms with van der Waals surface area (Å²) in [5.74, 6) is -1.49. The summed E-state index contributed by atoms with van der Waals surface area (Å²) >= 11 is 0. The van der Waals surface area contributed by atoms with Crippen LogP contribution in [-0.4, -0.2) is 30.5 Å². The molecule has 9 nitrogen and oxygen atoms in total. The monoisotopic (exact) mass is 445 g/mol. The summed E-state index contributed by atoms with van der Waals surface area (Å²) in [6.45, 7) is 1.88. The van der Waals surface area contributed by atoms with E-state index in [2.05, 4.69) is 24.8 Å². The molecule has 0 aliphatic heterocycles. The van der Waals surface area contributed by atoms with Gasteiger partial charge in [0.2, 0.25) is 5.95 Å². The lowest BCUT2D eigenvalue weighted by Gasteiger charge is -2.17. The van der Waals surface area contributed by atoms with Crippen molar-refractivity contribution in [3.05, 3.63) is 71.7 Å². The number of halogens is 1. The number of nitrogens with one attached hydrogen (secondary N) is 2. The van der Waals surface area contributed by atoms with E-state index < -0.39 is 21.8 Å². The van der Waals surface area contributed by atoms with Gasteiger partial charge in [-0.25, -0.2) is 9.37 Å². The molecule has 11 heteroatoms. The predicted octanol–water partition coefficient (Wildman–Crippen LogP) is 2.97. The van der Waals surface area contributed by atoms with Crippen molar-refractivity contribution in [1.29, 1.82) is 0 Å². The minimum Gasteiger partial charge on any atom is -0.382 e. The molecule has 0 radical (unpaired) electrons. The quantitative estimate of drug-likeness (QED) is 0.450. The maximum absolute atomic E-state index is 14.4. The Labute approximate surface area is 178 Å². The van der Waals surface area contributed by atoms with Crippen molar-refractivity contribution in [2.45, 2.75) is 13.0 Å². The molecule has 3 aromatic rings. The molecule has 0 aliphatic rings. The van der Waals surface area contributed by atoms with Crippen LogP contribution in [0.1, 0.15) is 28.9 Å². The van der Waals surface area contributed by atoms with Crippen LogP contribution >= 0.6 is 0 Å². The summed E-state index contributed by atoms with van der Waals surface area (Å²) in [7, 11) is -3.78. The van der Waals surface area contributed by atoms with Crippen molar-refractivity contribution in [3.63, 3.8) is 0 Å². The molecule has 0 aliphatic carbocycles. The fourth-order valence-corrected chi connectivity index (χ4v) is 3.16. The van der Waals surface area contributed by atoms with E-state index in [4.69, 9.17) is 5.73 Å². The summed E-state index contributed by atoms with van der Waals surface area (Å²) in [6.07, 6.45) is 2.09. The van der Waals surface area contributed by atoms with E-state index in [0.717, 1.165) is 17.9 Å². The molecule has 0 bridgehead atoms. The van der Waals surface area contributed by atoms with E-state index in [9.17, 15) is 17.6 Å². The van der Waals surface area contributed by atoms with Crippen molar-refractivity contribution in [3.8, 4) is 5.75 Å². The van der Waals surface area contributed by atoms with E-state index in [1.807, 2.05) is 37.3 Å². The number of amides is 1. The number of hydrogen-bond acceptors (Lipinski definition) is 8. The molecule has 0 saturated heterocycles. The first kappa shape index (κ1) is 22.0. The maximum atomic E-state index is 14.4. The lowest BCUT2D eigenvalue weighted by molar-refractivity contribution is 0.100. The molecule has 3 rings (SSSR count). The average Bonchev–Trinajstić information content (AvgIpc) is 2.69. The van der Waals surface area contributed by atoms with Gasteiger partial charge in [0.1, 0.15) is 17.4 Å². The fourth-order valence-electron chi connectivity index (χ4n) is 2.71. The Kier molecular flexibility index (Phi) is 6.35. The van der Waals surface area contributed by atoms with Gasteiger partial charge in [-0.05, 0) is 24.6 Å². The molecule has 1 aromatic heterocycles. The number of aromatic nitrogens is 2. The summed E-state index contributed by atoms with van der Waals surface area (Å²) in [4.78, 5) is 20.0. The third kappa shape index (κ3) is 5.89. The van der Waals surface area contributed by atoms with Gasteiger partial charge < -0.3 is 20.6 Å². The fraction of sp³-hybridized carbons (Fsp3) is 0.150. The van der Waals surface area contributed by atoms with Crippen LogP contribution in [0, 0.1) is 5.82 Å². The van der Waals surface area contributed by atoms with Gasteiger partial charge in [-0.3, -0.25) is 4.79 Å². The molecule has 0 fully saturated rings. The van der Waals surface area contributed by atoms with Gasteiger partial charge in [0, 0.05) is 18.3 Å². The molecule has 1 amide bonds. The zero-order valence-electron chi connectivity index (χ0n) is 16.7. The third-order valence-corrected chi connectivity index (χ3v) is 4.64. The summed E-state index contributed by atoms with van der Waals surface area (Å²) in [6, 6.07) is 12.8. The third-order valence-electron chi connectivity index (χ3n) is 4.14. The normalized spacial score (nSPS) is 12.1. The standard InChI is InChI=1S/C20H20FN5O4S/c1-12(13-6-4-3-5-7-13)24-19-15(18(22)27)11-23-20(26-19)25-17-9-8-14(10-16(17)21)30-31(2,28)29/h3-12H,1-2H3,(H2,22,27)(H2,23,24,25,26)/t12-/m1/s1. The van der Waals surface area contributed by atoms with Crippen LogP contribution in [0.2, 0.25) is 0 Å². The number of carbonyl (C=O) groups excluding carboxylic acids is 1. The highest BCUT2D eigenvalue weighted by Gasteiger charge is 2.16. The zero-order chi connectivity index (χ0) is 22.6. The van der Waals surface area contributed by atoms with E-state index in [0.29, 0.717) is 0 Å². The first-order chi connectivity index (χ1) is 14.6. The second-order valence-corrected chi connectivity index (χ2v) is 8.23. The highest BCUT2D eigenvalue weighted by molar-refractivity contribution is 7.86. The second-order valence-electron chi connectivity index (χ2n) is 6.65. The minimum absolute atomic E-state index is 0.00319. The van der Waals surface area contributed by atoms with E-state index in [1.165, 1.54) is 18.3 Å². The van der Waals surface area contributed by atoms with Crippen LogP contribution in [0.5, 0.6) is 5.75 Å². The van der Waals surface area contributed by atoms with Gasteiger partial charge in [-0.15, -0.1) is 0 Å². The predicted molar refractivity (Wildman–Crippen MR) is 114 cm³/mol. The van der Waals surface area contributed by atoms with Crippen LogP contribution in [0.25, 0.3) is 0 Å². The zero-order valence-corrected chi connectivity index (χ0v) is 17.5. The second kappa shape index (κ2) is 8.96. The smallest absolute Gasteiger partial charge is 0.306 e. The maximum Gasteiger partial charge on any atom is 0.306 e. The number of nitrogens with two attached hydrogens (primary N) is 1. The van der Waals surface area contributed by atoms with Gasteiger partial charge in [0.15, 0.2) is 0 Å². The summed E-state index contributed by atoms with van der Waals surface area (Å²) in [5, 5.41) is 5.80.